The summed E-state index contributed by atoms with van der Waals surface area (Å²) >= 11 is 0. The average molecular weight is 807 g/mol. The fourth-order valence-electron chi connectivity index (χ4n) is 9.46. The quantitative estimate of drug-likeness (QED) is 0.167. The van der Waals surface area contributed by atoms with Gasteiger partial charge in [-0.2, -0.15) is 0 Å². The number of aromatic nitrogens is 4. The third kappa shape index (κ3) is 5.62. The van der Waals surface area contributed by atoms with Crippen LogP contribution in [0.25, 0.3) is 128 Å². The van der Waals surface area contributed by atoms with Gasteiger partial charge in [-0.3, -0.25) is 0 Å². The molecule has 13 aromatic rings. The first kappa shape index (κ1) is 35.2. The van der Waals surface area contributed by atoms with Gasteiger partial charge in [0.05, 0.1) is 11.0 Å². The minimum absolute atomic E-state index is 0.569. The van der Waals surface area contributed by atoms with Gasteiger partial charge in [-0.05, 0) is 89.0 Å². The van der Waals surface area contributed by atoms with E-state index in [1.54, 1.807) is 0 Å². The zero-order valence-electron chi connectivity index (χ0n) is 33.7. The van der Waals surface area contributed by atoms with Crippen molar-refractivity contribution in [1.82, 2.24) is 19.5 Å². The average Bonchev–Trinajstić information content (AvgIpc) is 4.04. The molecular formula is C57H34N4O2. The second-order valence-electron chi connectivity index (χ2n) is 15.9. The molecule has 0 spiro atoms. The normalized spacial score (nSPS) is 11.8. The van der Waals surface area contributed by atoms with E-state index in [1.807, 2.05) is 48.5 Å². The molecule has 63 heavy (non-hydrogen) atoms. The van der Waals surface area contributed by atoms with Crippen LogP contribution in [0.3, 0.4) is 0 Å². The maximum Gasteiger partial charge on any atom is 0.164 e. The molecule has 0 radical (unpaired) electrons. The zero-order valence-corrected chi connectivity index (χ0v) is 33.7. The van der Waals surface area contributed by atoms with Crippen molar-refractivity contribution in [3.05, 3.63) is 206 Å². The summed E-state index contributed by atoms with van der Waals surface area (Å²) in [6.07, 6.45) is 0. The number of hydrogen-bond donors (Lipinski definition) is 0. The molecule has 13 rings (SSSR count). The van der Waals surface area contributed by atoms with Crippen molar-refractivity contribution < 1.29 is 8.83 Å². The second-order valence-corrected chi connectivity index (χ2v) is 15.9. The summed E-state index contributed by atoms with van der Waals surface area (Å²) in [6, 6.07) is 71.4. The number of hydrogen-bond acceptors (Lipinski definition) is 5. The van der Waals surface area contributed by atoms with E-state index in [4.69, 9.17) is 23.8 Å². The third-order valence-corrected chi connectivity index (χ3v) is 12.3. The lowest BCUT2D eigenvalue weighted by atomic mass is 9.94. The fourth-order valence-corrected chi connectivity index (χ4v) is 9.46. The molecule has 0 aliphatic carbocycles. The van der Waals surface area contributed by atoms with Crippen LogP contribution in [0.1, 0.15) is 0 Å². The largest absolute Gasteiger partial charge is 0.456 e. The number of para-hydroxylation sites is 2. The standard InChI is InChI=1S/C57H34N4O2/c1-4-15-35(16-5-1)40-22-12-27-50-53(40)54-41(23-13-28-51(54)63-50)37-30-32-48-45(33-37)52-43(24-14-26-49(52)62-48)57-59-55(36-17-6-2-7-18-36)58-56(60-57)38-29-31-47-44(34-38)42-21-10-11-25-46(42)61(47)39-19-8-3-9-20-39/h1-34H. The highest BCUT2D eigenvalue weighted by molar-refractivity contribution is 6.19. The van der Waals surface area contributed by atoms with Crippen LogP contribution < -0.4 is 0 Å². The van der Waals surface area contributed by atoms with Gasteiger partial charge in [0, 0.05) is 54.7 Å². The van der Waals surface area contributed by atoms with Crippen LogP contribution in [0.5, 0.6) is 0 Å². The molecule has 4 heterocycles. The maximum absolute atomic E-state index is 6.59. The van der Waals surface area contributed by atoms with Gasteiger partial charge in [0.1, 0.15) is 22.3 Å². The summed E-state index contributed by atoms with van der Waals surface area (Å²) in [5.74, 6) is 1.76. The Kier molecular flexibility index (Phi) is 7.80. The van der Waals surface area contributed by atoms with Crippen molar-refractivity contribution in [2.45, 2.75) is 0 Å². The van der Waals surface area contributed by atoms with Gasteiger partial charge in [0.25, 0.3) is 0 Å². The molecule has 0 bridgehead atoms. The van der Waals surface area contributed by atoms with E-state index in [2.05, 4.69) is 162 Å². The predicted molar refractivity (Wildman–Crippen MR) is 256 cm³/mol. The molecule has 0 atom stereocenters. The Morgan fingerprint density at radius 3 is 1.56 bits per heavy atom. The van der Waals surface area contributed by atoms with Crippen LogP contribution in [0.2, 0.25) is 0 Å². The fraction of sp³-hybridized carbons (Fsp3) is 0. The van der Waals surface area contributed by atoms with Crippen LogP contribution >= 0.6 is 0 Å². The van der Waals surface area contributed by atoms with Gasteiger partial charge in [-0.15, -0.1) is 0 Å². The molecule has 0 aliphatic rings. The molecular weight excluding hydrogens is 773 g/mol. The molecule has 0 aliphatic heterocycles. The third-order valence-electron chi connectivity index (χ3n) is 12.3. The topological polar surface area (TPSA) is 69.9 Å². The Labute approximate surface area is 361 Å². The van der Waals surface area contributed by atoms with Crippen LogP contribution in [0, 0.1) is 0 Å². The van der Waals surface area contributed by atoms with Crippen molar-refractivity contribution >= 4 is 65.7 Å². The van der Waals surface area contributed by atoms with Crippen molar-refractivity contribution in [2.24, 2.45) is 0 Å². The number of furan rings is 2. The van der Waals surface area contributed by atoms with Crippen molar-refractivity contribution in [3.63, 3.8) is 0 Å². The van der Waals surface area contributed by atoms with Crippen LogP contribution in [0.4, 0.5) is 0 Å². The molecule has 0 unspecified atom stereocenters. The zero-order chi connectivity index (χ0) is 41.4. The Morgan fingerprint density at radius 2 is 0.825 bits per heavy atom. The van der Waals surface area contributed by atoms with E-state index in [0.717, 1.165) is 110 Å². The van der Waals surface area contributed by atoms with E-state index in [-0.39, 0.29) is 0 Å². The summed E-state index contributed by atoms with van der Waals surface area (Å²) in [6.45, 7) is 0. The van der Waals surface area contributed by atoms with Crippen molar-refractivity contribution in [3.8, 4) is 62.1 Å². The Bertz CT molecular complexity index is 3900. The SMILES string of the molecule is c1ccc(-c2nc(-c3ccc4c(c3)c3ccccc3n4-c3ccccc3)nc(-c3cccc4oc5ccc(-c6cccc7oc8cccc(-c9ccccc9)c8c67)cc5c34)n2)cc1. The lowest BCUT2D eigenvalue weighted by Crippen LogP contribution is -2.00. The highest BCUT2D eigenvalue weighted by atomic mass is 16.3. The molecule has 0 saturated carbocycles. The second kappa shape index (κ2) is 14.0. The summed E-state index contributed by atoms with van der Waals surface area (Å²) in [4.78, 5) is 15.6. The van der Waals surface area contributed by atoms with Gasteiger partial charge in [-0.1, -0.05) is 140 Å². The van der Waals surface area contributed by atoms with Gasteiger partial charge in [0.2, 0.25) is 0 Å². The summed E-state index contributed by atoms with van der Waals surface area (Å²) in [7, 11) is 0. The van der Waals surface area contributed by atoms with E-state index in [0.29, 0.717) is 17.5 Å². The van der Waals surface area contributed by atoms with E-state index in [1.165, 1.54) is 0 Å². The minimum atomic E-state index is 0.569. The molecule has 4 aromatic heterocycles. The monoisotopic (exact) mass is 806 g/mol. The number of nitrogens with zero attached hydrogens (tertiary/aromatic N) is 4. The van der Waals surface area contributed by atoms with E-state index in [9.17, 15) is 0 Å². The molecule has 0 N–H and O–H groups in total. The first-order chi connectivity index (χ1) is 31.2. The Balaban J connectivity index is 1.01. The first-order valence-electron chi connectivity index (χ1n) is 21.1. The van der Waals surface area contributed by atoms with E-state index < -0.39 is 0 Å². The maximum atomic E-state index is 6.59. The van der Waals surface area contributed by atoms with Gasteiger partial charge in [-0.25, -0.2) is 15.0 Å². The summed E-state index contributed by atoms with van der Waals surface area (Å²) in [5.41, 5.74) is 13.7. The minimum Gasteiger partial charge on any atom is -0.456 e. The Morgan fingerprint density at radius 1 is 0.302 bits per heavy atom. The highest BCUT2D eigenvalue weighted by Gasteiger charge is 2.22. The molecule has 0 saturated heterocycles. The van der Waals surface area contributed by atoms with Crippen LogP contribution in [0.15, 0.2) is 215 Å². The summed E-state index contributed by atoms with van der Waals surface area (Å²) in [5, 5.41) is 6.39. The number of benzene rings is 9. The highest BCUT2D eigenvalue weighted by Crippen LogP contribution is 2.44. The number of rotatable bonds is 6. The van der Waals surface area contributed by atoms with Gasteiger partial charge >= 0.3 is 0 Å². The van der Waals surface area contributed by atoms with Crippen LogP contribution in [-0.4, -0.2) is 19.5 Å². The van der Waals surface area contributed by atoms with Crippen molar-refractivity contribution in [1.29, 1.82) is 0 Å². The lowest BCUT2D eigenvalue weighted by molar-refractivity contribution is 0.669. The summed E-state index contributed by atoms with van der Waals surface area (Å²) < 4.78 is 15.4. The van der Waals surface area contributed by atoms with Gasteiger partial charge in [0.15, 0.2) is 17.5 Å². The van der Waals surface area contributed by atoms with E-state index >= 15 is 0 Å². The molecule has 0 amide bonds. The molecule has 294 valence electrons. The predicted octanol–water partition coefficient (Wildman–Crippen LogP) is 15.1. The molecule has 0 fully saturated rings. The number of fused-ring (bicyclic) bond motifs is 9. The molecule has 6 nitrogen and oxygen atoms in total. The van der Waals surface area contributed by atoms with Crippen molar-refractivity contribution in [2.75, 3.05) is 0 Å². The van der Waals surface area contributed by atoms with Crippen LogP contribution in [-0.2, 0) is 0 Å². The molecule has 6 heteroatoms. The lowest BCUT2D eigenvalue weighted by Gasteiger charge is -2.10. The molecule has 9 aromatic carbocycles. The smallest absolute Gasteiger partial charge is 0.164 e. The van der Waals surface area contributed by atoms with Gasteiger partial charge < -0.3 is 13.4 Å². The first-order valence-corrected chi connectivity index (χ1v) is 21.1. The Hall–Kier alpha value is -8.61.